The van der Waals surface area contributed by atoms with Crippen molar-refractivity contribution in [3.8, 4) is 0 Å². The molecule has 0 saturated carbocycles. The minimum atomic E-state index is -0.276. The third kappa shape index (κ3) is 2.65. The number of aromatic amines is 1. The van der Waals surface area contributed by atoms with Gasteiger partial charge >= 0.3 is 5.69 Å². The van der Waals surface area contributed by atoms with E-state index in [0.29, 0.717) is 23.6 Å². The number of hydrogen-bond acceptors (Lipinski definition) is 5. The second-order valence-corrected chi connectivity index (χ2v) is 5.88. The van der Waals surface area contributed by atoms with Crippen molar-refractivity contribution in [2.24, 2.45) is 0 Å². The number of anilines is 1. The maximum absolute atomic E-state index is 13.7. The van der Waals surface area contributed by atoms with Gasteiger partial charge in [0, 0.05) is 43.6 Å². The van der Waals surface area contributed by atoms with E-state index in [-0.39, 0.29) is 17.5 Å². The average molecular weight is 328 g/mol. The lowest BCUT2D eigenvalue weighted by atomic mass is 10.2. The summed E-state index contributed by atoms with van der Waals surface area (Å²) in [6, 6.07) is 7.01. The summed E-state index contributed by atoms with van der Waals surface area (Å²) in [6.07, 6.45) is 4.11. The van der Waals surface area contributed by atoms with Crippen molar-refractivity contribution >= 4 is 11.5 Å². The Morgan fingerprint density at radius 2 is 2.25 bits per heavy atom. The summed E-state index contributed by atoms with van der Waals surface area (Å²) in [5.74, 6) is 0.494. The zero-order valence-corrected chi connectivity index (χ0v) is 12.9. The third-order valence-corrected chi connectivity index (χ3v) is 4.34. The van der Waals surface area contributed by atoms with Gasteiger partial charge in [0.15, 0.2) is 5.82 Å². The van der Waals surface area contributed by atoms with Gasteiger partial charge in [0.05, 0.1) is 0 Å². The van der Waals surface area contributed by atoms with E-state index in [0.717, 1.165) is 19.5 Å². The first kappa shape index (κ1) is 14.8. The molecule has 1 saturated heterocycles. The van der Waals surface area contributed by atoms with Crippen LogP contribution in [0.2, 0.25) is 0 Å². The molecule has 24 heavy (non-hydrogen) atoms. The molecule has 0 radical (unpaired) electrons. The summed E-state index contributed by atoms with van der Waals surface area (Å²) in [5, 5.41) is 9.87. The van der Waals surface area contributed by atoms with Crippen LogP contribution in [0.3, 0.4) is 0 Å². The standard InChI is InChI=1S/C16H17FN6O/c17-13-4-2-1-3-11(13)9-19-12-5-7-22(10-12)14-15-20-21-16(24)23(15)8-6-18-14/h1-4,6,8,12,19H,5,7,9-10H2,(H,21,24)/t12-/m0/s1. The molecule has 124 valence electrons. The number of benzene rings is 1. The van der Waals surface area contributed by atoms with Gasteiger partial charge in [-0.25, -0.2) is 23.7 Å². The van der Waals surface area contributed by atoms with Gasteiger partial charge in [0.2, 0.25) is 5.65 Å². The zero-order chi connectivity index (χ0) is 16.5. The summed E-state index contributed by atoms with van der Waals surface area (Å²) in [4.78, 5) is 18.1. The molecule has 1 aliphatic heterocycles. The number of fused-ring (bicyclic) bond motifs is 1. The quantitative estimate of drug-likeness (QED) is 0.745. The van der Waals surface area contributed by atoms with Crippen molar-refractivity contribution < 1.29 is 4.39 Å². The van der Waals surface area contributed by atoms with E-state index in [1.807, 2.05) is 6.07 Å². The van der Waals surface area contributed by atoms with Crippen molar-refractivity contribution in [2.75, 3.05) is 18.0 Å². The van der Waals surface area contributed by atoms with Crippen LogP contribution in [0.25, 0.3) is 5.65 Å². The van der Waals surface area contributed by atoms with Gasteiger partial charge in [-0.1, -0.05) is 18.2 Å². The van der Waals surface area contributed by atoms with E-state index in [9.17, 15) is 9.18 Å². The van der Waals surface area contributed by atoms with Gasteiger partial charge < -0.3 is 10.2 Å². The van der Waals surface area contributed by atoms with Crippen LogP contribution < -0.4 is 15.9 Å². The second-order valence-electron chi connectivity index (χ2n) is 5.88. The number of rotatable bonds is 4. The Kier molecular flexibility index (Phi) is 3.73. The molecule has 0 spiro atoms. The molecule has 1 aromatic carbocycles. The molecular weight excluding hydrogens is 311 g/mol. The first-order valence-electron chi connectivity index (χ1n) is 7.86. The Labute approximate surface area is 137 Å². The van der Waals surface area contributed by atoms with Gasteiger partial charge in [-0.15, -0.1) is 5.10 Å². The number of halogens is 1. The Bertz CT molecular complexity index is 920. The molecule has 0 bridgehead atoms. The maximum atomic E-state index is 13.7. The highest BCUT2D eigenvalue weighted by atomic mass is 19.1. The zero-order valence-electron chi connectivity index (χ0n) is 12.9. The molecule has 2 N–H and O–H groups in total. The number of nitrogens with one attached hydrogen (secondary N) is 2. The molecule has 0 amide bonds. The molecule has 1 atom stereocenters. The van der Waals surface area contributed by atoms with E-state index in [2.05, 4.69) is 25.4 Å². The molecule has 0 aliphatic carbocycles. The summed E-state index contributed by atoms with van der Waals surface area (Å²) >= 11 is 0. The van der Waals surface area contributed by atoms with E-state index in [1.54, 1.807) is 24.5 Å². The Morgan fingerprint density at radius 1 is 1.38 bits per heavy atom. The molecule has 7 nitrogen and oxygen atoms in total. The Balaban J connectivity index is 1.46. The molecule has 8 heteroatoms. The van der Waals surface area contributed by atoms with Crippen LogP contribution >= 0.6 is 0 Å². The van der Waals surface area contributed by atoms with Crippen LogP contribution in [0.15, 0.2) is 41.5 Å². The molecule has 4 rings (SSSR count). The average Bonchev–Trinajstić information content (AvgIpc) is 3.21. The van der Waals surface area contributed by atoms with Gasteiger partial charge in [0.1, 0.15) is 5.82 Å². The summed E-state index contributed by atoms with van der Waals surface area (Å²) in [6.45, 7) is 2.04. The second kappa shape index (κ2) is 6.04. The van der Waals surface area contributed by atoms with Crippen LogP contribution in [-0.4, -0.2) is 38.7 Å². The highest BCUT2D eigenvalue weighted by molar-refractivity contribution is 5.63. The van der Waals surface area contributed by atoms with Crippen molar-refractivity contribution in [3.05, 3.63) is 58.5 Å². The maximum Gasteiger partial charge on any atom is 0.347 e. The first-order valence-corrected chi connectivity index (χ1v) is 7.86. The molecule has 0 unspecified atom stereocenters. The van der Waals surface area contributed by atoms with E-state index in [4.69, 9.17) is 0 Å². The van der Waals surface area contributed by atoms with Gasteiger partial charge in [-0.2, -0.15) is 0 Å². The van der Waals surface area contributed by atoms with Gasteiger partial charge in [0.25, 0.3) is 0 Å². The SMILES string of the molecule is O=c1[nH]nc2c(N3CC[C@H](NCc4ccccc4F)C3)nccn12. The van der Waals surface area contributed by atoms with Crippen molar-refractivity contribution in [1.82, 2.24) is 24.9 Å². The third-order valence-electron chi connectivity index (χ3n) is 4.34. The van der Waals surface area contributed by atoms with Crippen molar-refractivity contribution in [2.45, 2.75) is 19.0 Å². The fraction of sp³-hybridized carbons (Fsp3) is 0.312. The number of H-pyrrole nitrogens is 1. The van der Waals surface area contributed by atoms with Crippen LogP contribution in [0, 0.1) is 5.82 Å². The van der Waals surface area contributed by atoms with Crippen LogP contribution in [-0.2, 0) is 6.54 Å². The van der Waals surface area contributed by atoms with Crippen LogP contribution in [0.1, 0.15) is 12.0 Å². The fourth-order valence-electron chi connectivity index (χ4n) is 3.07. The number of hydrogen-bond donors (Lipinski definition) is 2. The summed E-state index contributed by atoms with van der Waals surface area (Å²) in [5.41, 5.74) is 0.911. The van der Waals surface area contributed by atoms with Gasteiger partial charge in [-0.3, -0.25) is 0 Å². The predicted molar refractivity (Wildman–Crippen MR) is 87.5 cm³/mol. The molecule has 1 aliphatic rings. The highest BCUT2D eigenvalue weighted by Crippen LogP contribution is 2.21. The predicted octanol–water partition coefficient (Wildman–Crippen LogP) is 0.925. The Morgan fingerprint density at radius 3 is 3.12 bits per heavy atom. The normalized spacial score (nSPS) is 17.7. The first-order chi connectivity index (χ1) is 11.7. The molecular formula is C16H17FN6O. The van der Waals surface area contributed by atoms with Crippen LogP contribution in [0.5, 0.6) is 0 Å². The largest absolute Gasteiger partial charge is 0.352 e. The fourth-order valence-corrected chi connectivity index (χ4v) is 3.07. The summed E-state index contributed by atoms with van der Waals surface area (Å²) < 4.78 is 15.1. The lowest BCUT2D eigenvalue weighted by Gasteiger charge is -2.18. The van der Waals surface area contributed by atoms with Crippen molar-refractivity contribution in [3.63, 3.8) is 0 Å². The van der Waals surface area contributed by atoms with E-state index < -0.39 is 0 Å². The van der Waals surface area contributed by atoms with Crippen LogP contribution in [0.4, 0.5) is 10.2 Å². The summed E-state index contributed by atoms with van der Waals surface area (Å²) in [7, 11) is 0. The number of aromatic nitrogens is 4. The molecule has 3 aromatic rings. The lowest BCUT2D eigenvalue weighted by molar-refractivity contribution is 0.529. The van der Waals surface area contributed by atoms with E-state index in [1.165, 1.54) is 10.5 Å². The minimum Gasteiger partial charge on any atom is -0.352 e. The Hall–Kier alpha value is -2.74. The van der Waals surface area contributed by atoms with Crippen molar-refractivity contribution in [1.29, 1.82) is 0 Å². The monoisotopic (exact) mass is 328 g/mol. The topological polar surface area (TPSA) is 78.3 Å². The number of nitrogens with zero attached hydrogens (tertiary/aromatic N) is 4. The highest BCUT2D eigenvalue weighted by Gasteiger charge is 2.25. The molecule has 1 fully saturated rings. The minimum absolute atomic E-state index is 0.192. The molecule has 2 aromatic heterocycles. The van der Waals surface area contributed by atoms with E-state index >= 15 is 0 Å². The van der Waals surface area contributed by atoms with Gasteiger partial charge in [-0.05, 0) is 12.5 Å². The molecule has 3 heterocycles. The lowest BCUT2D eigenvalue weighted by Crippen LogP contribution is -2.32. The smallest absolute Gasteiger partial charge is 0.347 e.